The van der Waals surface area contributed by atoms with Gasteiger partial charge in [-0.25, -0.2) is 0 Å². The highest BCUT2D eigenvalue weighted by Crippen LogP contribution is 2.35. The molecule has 0 radical (unpaired) electrons. The van der Waals surface area contributed by atoms with E-state index in [0.717, 1.165) is 6.42 Å². The monoisotopic (exact) mass is 250 g/mol. The summed E-state index contributed by atoms with van der Waals surface area (Å²) >= 11 is 0. The molecule has 0 aromatic heterocycles. The van der Waals surface area contributed by atoms with Crippen LogP contribution in [-0.4, -0.2) is 0 Å². The number of hydrogen-bond donors (Lipinski definition) is 0. The number of allylic oxidation sites excluding steroid dienone is 2. The van der Waals surface area contributed by atoms with Gasteiger partial charge in [-0.3, -0.25) is 0 Å². The fourth-order valence-corrected chi connectivity index (χ4v) is 2.42. The van der Waals surface area contributed by atoms with Crippen molar-refractivity contribution in [2.45, 2.75) is 32.6 Å². The molecule has 98 valence electrons. The minimum absolute atomic E-state index is 0.0415. The maximum Gasteiger partial charge on any atom is 0.0209 e. The van der Waals surface area contributed by atoms with E-state index >= 15 is 0 Å². The van der Waals surface area contributed by atoms with Gasteiger partial charge in [0.05, 0.1) is 0 Å². The van der Waals surface area contributed by atoms with Gasteiger partial charge < -0.3 is 0 Å². The highest BCUT2D eigenvalue weighted by atomic mass is 14.3. The molecule has 0 bridgehead atoms. The molecule has 0 aliphatic carbocycles. The van der Waals surface area contributed by atoms with Crippen molar-refractivity contribution < 1.29 is 0 Å². The van der Waals surface area contributed by atoms with E-state index in [1.165, 1.54) is 16.7 Å². The van der Waals surface area contributed by atoms with Crippen LogP contribution in [0.2, 0.25) is 0 Å². The molecule has 0 N–H and O–H groups in total. The highest BCUT2D eigenvalue weighted by molar-refractivity contribution is 5.39. The number of benzene rings is 2. The lowest BCUT2D eigenvalue weighted by Gasteiger charge is -2.30. The normalized spacial score (nSPS) is 11.1. The van der Waals surface area contributed by atoms with Gasteiger partial charge in [-0.05, 0) is 31.4 Å². The Hall–Kier alpha value is -1.82. The van der Waals surface area contributed by atoms with Gasteiger partial charge in [-0.2, -0.15) is 0 Å². The van der Waals surface area contributed by atoms with Gasteiger partial charge in [0.1, 0.15) is 0 Å². The summed E-state index contributed by atoms with van der Waals surface area (Å²) in [5.41, 5.74) is 4.16. The molecule has 0 amide bonds. The standard InChI is InChI=1S/C19H22/c1-16(2)14-15-19(3,17-10-6-4-7-11-17)18-12-8-5-9-13-18/h4-14H,15H2,1-3H3. The number of hydrogen-bond acceptors (Lipinski definition) is 0. The van der Waals surface area contributed by atoms with Crippen molar-refractivity contribution in [2.24, 2.45) is 0 Å². The zero-order chi connectivity index (χ0) is 13.7. The molecule has 2 aromatic rings. The molecule has 0 saturated carbocycles. The van der Waals surface area contributed by atoms with Gasteiger partial charge in [-0.15, -0.1) is 0 Å². The van der Waals surface area contributed by atoms with Gasteiger partial charge in [-0.1, -0.05) is 79.2 Å². The Bertz CT molecular complexity index is 491. The molecule has 0 atom stereocenters. The molecule has 0 aliphatic rings. The topological polar surface area (TPSA) is 0 Å². The third kappa shape index (κ3) is 3.14. The second-order valence-electron chi connectivity index (χ2n) is 5.55. The first-order chi connectivity index (χ1) is 9.13. The Morgan fingerprint density at radius 3 is 1.63 bits per heavy atom. The van der Waals surface area contributed by atoms with E-state index in [2.05, 4.69) is 87.5 Å². The van der Waals surface area contributed by atoms with Crippen molar-refractivity contribution in [3.8, 4) is 0 Å². The maximum absolute atomic E-state index is 2.33. The van der Waals surface area contributed by atoms with Gasteiger partial charge in [0.15, 0.2) is 0 Å². The van der Waals surface area contributed by atoms with Crippen LogP contribution in [0.5, 0.6) is 0 Å². The summed E-state index contributed by atoms with van der Waals surface area (Å²) in [7, 11) is 0. The van der Waals surface area contributed by atoms with Crippen LogP contribution in [0.1, 0.15) is 38.3 Å². The van der Waals surface area contributed by atoms with Crippen LogP contribution in [-0.2, 0) is 5.41 Å². The van der Waals surface area contributed by atoms with E-state index in [0.29, 0.717) is 0 Å². The van der Waals surface area contributed by atoms with Crippen LogP contribution in [0, 0.1) is 0 Å². The van der Waals surface area contributed by atoms with Crippen LogP contribution in [0.3, 0.4) is 0 Å². The quantitative estimate of drug-likeness (QED) is 0.642. The second-order valence-corrected chi connectivity index (χ2v) is 5.55. The summed E-state index contributed by atoms with van der Waals surface area (Å²) < 4.78 is 0. The summed E-state index contributed by atoms with van der Waals surface area (Å²) in [6.45, 7) is 6.66. The summed E-state index contributed by atoms with van der Waals surface area (Å²) in [5.74, 6) is 0. The molecule has 0 spiro atoms. The molecule has 0 unspecified atom stereocenters. The smallest absolute Gasteiger partial charge is 0.0209 e. The van der Waals surface area contributed by atoms with Crippen LogP contribution >= 0.6 is 0 Å². The van der Waals surface area contributed by atoms with Crippen LogP contribution in [0.25, 0.3) is 0 Å². The fourth-order valence-electron chi connectivity index (χ4n) is 2.42. The van der Waals surface area contributed by atoms with Crippen molar-refractivity contribution in [2.75, 3.05) is 0 Å². The minimum atomic E-state index is 0.0415. The Morgan fingerprint density at radius 1 is 0.842 bits per heavy atom. The van der Waals surface area contributed by atoms with Crippen molar-refractivity contribution >= 4 is 0 Å². The first-order valence-corrected chi connectivity index (χ1v) is 6.87. The predicted octanol–water partition coefficient (Wildman–Crippen LogP) is 5.35. The van der Waals surface area contributed by atoms with Crippen molar-refractivity contribution in [1.29, 1.82) is 0 Å². The van der Waals surface area contributed by atoms with Crippen LogP contribution in [0.4, 0.5) is 0 Å². The van der Waals surface area contributed by atoms with Gasteiger partial charge in [0.2, 0.25) is 0 Å². The predicted molar refractivity (Wildman–Crippen MR) is 83.4 cm³/mol. The van der Waals surface area contributed by atoms with Crippen molar-refractivity contribution in [3.05, 3.63) is 83.4 Å². The first kappa shape index (κ1) is 13.6. The minimum Gasteiger partial charge on any atom is -0.0847 e. The summed E-state index contributed by atoms with van der Waals surface area (Å²) in [6.07, 6.45) is 3.36. The molecule has 0 heterocycles. The zero-order valence-corrected chi connectivity index (χ0v) is 12.1. The van der Waals surface area contributed by atoms with Crippen LogP contribution in [0.15, 0.2) is 72.3 Å². The van der Waals surface area contributed by atoms with E-state index in [1.54, 1.807) is 0 Å². The Balaban J connectivity index is 2.47. The van der Waals surface area contributed by atoms with E-state index in [1.807, 2.05) is 0 Å². The molecule has 0 nitrogen and oxygen atoms in total. The van der Waals surface area contributed by atoms with Crippen molar-refractivity contribution in [3.63, 3.8) is 0 Å². The summed E-state index contributed by atoms with van der Waals surface area (Å²) in [5, 5.41) is 0. The molecular weight excluding hydrogens is 228 g/mol. The second kappa shape index (κ2) is 5.88. The van der Waals surface area contributed by atoms with E-state index in [4.69, 9.17) is 0 Å². The molecule has 0 fully saturated rings. The molecule has 2 aromatic carbocycles. The SMILES string of the molecule is CC(C)=CCC(C)(c1ccccc1)c1ccccc1. The van der Waals surface area contributed by atoms with E-state index in [9.17, 15) is 0 Å². The lowest BCUT2D eigenvalue weighted by atomic mass is 9.73. The molecule has 19 heavy (non-hydrogen) atoms. The highest BCUT2D eigenvalue weighted by Gasteiger charge is 2.27. The van der Waals surface area contributed by atoms with Gasteiger partial charge >= 0.3 is 0 Å². The third-order valence-corrected chi connectivity index (χ3v) is 3.74. The van der Waals surface area contributed by atoms with Gasteiger partial charge in [0, 0.05) is 5.41 Å². The average Bonchev–Trinajstić information content (AvgIpc) is 2.46. The first-order valence-electron chi connectivity index (χ1n) is 6.87. The van der Waals surface area contributed by atoms with Crippen molar-refractivity contribution in [1.82, 2.24) is 0 Å². The Kier molecular flexibility index (Phi) is 4.21. The molecule has 0 aliphatic heterocycles. The summed E-state index contributed by atoms with van der Waals surface area (Å²) in [4.78, 5) is 0. The zero-order valence-electron chi connectivity index (χ0n) is 12.1. The molecular formula is C19H22. The molecule has 0 heteroatoms. The third-order valence-electron chi connectivity index (χ3n) is 3.74. The fraction of sp³-hybridized carbons (Fsp3) is 0.263. The Labute approximate surface area is 116 Å². The average molecular weight is 250 g/mol. The maximum atomic E-state index is 2.33. The molecule has 0 saturated heterocycles. The van der Waals surface area contributed by atoms with Crippen LogP contribution < -0.4 is 0 Å². The lowest BCUT2D eigenvalue weighted by molar-refractivity contribution is 0.578. The van der Waals surface area contributed by atoms with E-state index in [-0.39, 0.29) is 5.41 Å². The summed E-state index contributed by atoms with van der Waals surface area (Å²) in [6, 6.07) is 21.6. The largest absolute Gasteiger partial charge is 0.0847 e. The lowest BCUT2D eigenvalue weighted by Crippen LogP contribution is -2.22. The molecule has 2 rings (SSSR count). The number of rotatable bonds is 4. The van der Waals surface area contributed by atoms with Gasteiger partial charge in [0.25, 0.3) is 0 Å². The Morgan fingerprint density at radius 2 is 1.26 bits per heavy atom. The van der Waals surface area contributed by atoms with E-state index < -0.39 is 0 Å².